The molecule has 0 saturated heterocycles. The summed E-state index contributed by atoms with van der Waals surface area (Å²) >= 11 is 0. The standard InChI is InChI=1S/C16H22N2O/c1-2-18(11-12-7-8-12)16(19)15-9-13-5-3-4-6-14(13)10-17-15/h3-6,12,15,17H,2,7-11H2,1H3/t15-/m0/s1. The number of benzene rings is 1. The molecule has 1 heterocycles. The number of amides is 1. The Balaban J connectivity index is 1.67. The Morgan fingerprint density at radius 2 is 2.05 bits per heavy atom. The monoisotopic (exact) mass is 258 g/mol. The number of fused-ring (bicyclic) bond motifs is 1. The molecular formula is C16H22N2O. The number of carbonyl (C=O) groups excluding carboxylic acids is 1. The van der Waals surface area contributed by atoms with Crippen LogP contribution < -0.4 is 5.32 Å². The van der Waals surface area contributed by atoms with Gasteiger partial charge in [-0.1, -0.05) is 24.3 Å². The summed E-state index contributed by atoms with van der Waals surface area (Å²) in [5.74, 6) is 1.05. The molecule has 1 fully saturated rings. The second-order valence-corrected chi connectivity index (χ2v) is 5.73. The molecule has 1 aromatic rings. The number of hydrogen-bond acceptors (Lipinski definition) is 2. The fraction of sp³-hybridized carbons (Fsp3) is 0.562. The SMILES string of the molecule is CCN(CC1CC1)C(=O)[C@@H]1Cc2ccccc2CN1. The molecule has 19 heavy (non-hydrogen) atoms. The van der Waals surface area contributed by atoms with Crippen molar-refractivity contribution < 1.29 is 4.79 Å². The molecule has 1 aromatic carbocycles. The molecule has 1 aliphatic carbocycles. The van der Waals surface area contributed by atoms with Crippen LogP contribution >= 0.6 is 0 Å². The van der Waals surface area contributed by atoms with E-state index in [1.54, 1.807) is 0 Å². The van der Waals surface area contributed by atoms with Crippen LogP contribution in [0.1, 0.15) is 30.9 Å². The molecule has 102 valence electrons. The maximum absolute atomic E-state index is 12.6. The summed E-state index contributed by atoms with van der Waals surface area (Å²) in [6.07, 6.45) is 3.42. The Morgan fingerprint density at radius 3 is 2.74 bits per heavy atom. The lowest BCUT2D eigenvalue weighted by Gasteiger charge is -2.30. The minimum atomic E-state index is -0.0337. The van der Waals surface area contributed by atoms with Gasteiger partial charge in [0.1, 0.15) is 0 Å². The predicted molar refractivity (Wildman–Crippen MR) is 75.8 cm³/mol. The van der Waals surface area contributed by atoms with Gasteiger partial charge in [0.05, 0.1) is 6.04 Å². The summed E-state index contributed by atoms with van der Waals surface area (Å²) in [6, 6.07) is 8.38. The van der Waals surface area contributed by atoms with Crippen LogP contribution in [0, 0.1) is 5.92 Å². The van der Waals surface area contributed by atoms with Crippen molar-refractivity contribution in [2.24, 2.45) is 5.92 Å². The van der Waals surface area contributed by atoms with E-state index in [2.05, 4.69) is 36.5 Å². The van der Waals surface area contributed by atoms with E-state index < -0.39 is 0 Å². The number of hydrogen-bond donors (Lipinski definition) is 1. The lowest BCUT2D eigenvalue weighted by atomic mass is 9.95. The highest BCUT2D eigenvalue weighted by Gasteiger charge is 2.31. The number of nitrogens with one attached hydrogen (secondary N) is 1. The summed E-state index contributed by atoms with van der Waals surface area (Å²) in [5, 5.41) is 3.39. The predicted octanol–water partition coefficient (Wildman–Crippen LogP) is 1.96. The molecule has 1 aliphatic heterocycles. The van der Waals surface area contributed by atoms with Gasteiger partial charge in [-0.25, -0.2) is 0 Å². The molecule has 3 rings (SSSR count). The number of likely N-dealkylation sites (N-methyl/N-ethyl adjacent to an activating group) is 1. The van der Waals surface area contributed by atoms with E-state index in [1.165, 1.54) is 24.0 Å². The van der Waals surface area contributed by atoms with E-state index in [4.69, 9.17) is 0 Å². The summed E-state index contributed by atoms with van der Waals surface area (Å²) in [7, 11) is 0. The Bertz CT molecular complexity index is 468. The van der Waals surface area contributed by atoms with Crippen LogP contribution in [0.5, 0.6) is 0 Å². The highest BCUT2D eigenvalue weighted by atomic mass is 16.2. The molecule has 0 radical (unpaired) electrons. The Morgan fingerprint density at radius 1 is 1.32 bits per heavy atom. The molecule has 1 amide bonds. The third-order valence-electron chi connectivity index (χ3n) is 4.25. The number of nitrogens with zero attached hydrogens (tertiary/aromatic N) is 1. The quantitative estimate of drug-likeness (QED) is 0.895. The molecule has 0 bridgehead atoms. The van der Waals surface area contributed by atoms with E-state index in [9.17, 15) is 4.79 Å². The molecule has 1 saturated carbocycles. The van der Waals surface area contributed by atoms with Gasteiger partial charge in [-0.3, -0.25) is 4.79 Å². The molecular weight excluding hydrogens is 236 g/mol. The van der Waals surface area contributed by atoms with Gasteiger partial charge in [-0.05, 0) is 43.2 Å². The van der Waals surface area contributed by atoms with E-state index in [-0.39, 0.29) is 11.9 Å². The largest absolute Gasteiger partial charge is 0.341 e. The van der Waals surface area contributed by atoms with Crippen molar-refractivity contribution in [2.45, 2.75) is 38.8 Å². The van der Waals surface area contributed by atoms with Crippen molar-refractivity contribution in [3.63, 3.8) is 0 Å². The summed E-state index contributed by atoms with van der Waals surface area (Å²) < 4.78 is 0. The molecule has 0 aromatic heterocycles. The third-order valence-corrected chi connectivity index (χ3v) is 4.25. The fourth-order valence-corrected chi connectivity index (χ4v) is 2.84. The van der Waals surface area contributed by atoms with Crippen molar-refractivity contribution in [2.75, 3.05) is 13.1 Å². The third kappa shape index (κ3) is 2.81. The van der Waals surface area contributed by atoms with Crippen molar-refractivity contribution in [3.05, 3.63) is 35.4 Å². The number of rotatable bonds is 4. The van der Waals surface area contributed by atoms with Crippen LogP contribution in [0.2, 0.25) is 0 Å². The van der Waals surface area contributed by atoms with Gasteiger partial charge < -0.3 is 10.2 Å². The van der Waals surface area contributed by atoms with Crippen molar-refractivity contribution in [3.8, 4) is 0 Å². The molecule has 0 spiro atoms. The van der Waals surface area contributed by atoms with Gasteiger partial charge >= 0.3 is 0 Å². The highest BCUT2D eigenvalue weighted by Crippen LogP contribution is 2.30. The first-order valence-corrected chi connectivity index (χ1v) is 7.37. The van der Waals surface area contributed by atoms with Gasteiger partial charge in [-0.15, -0.1) is 0 Å². The van der Waals surface area contributed by atoms with E-state index in [1.807, 2.05) is 4.90 Å². The van der Waals surface area contributed by atoms with Gasteiger partial charge in [-0.2, -0.15) is 0 Å². The van der Waals surface area contributed by atoms with E-state index in [0.29, 0.717) is 0 Å². The molecule has 1 atom stereocenters. The van der Waals surface area contributed by atoms with Gasteiger partial charge in [0.2, 0.25) is 5.91 Å². The second-order valence-electron chi connectivity index (χ2n) is 5.73. The van der Waals surface area contributed by atoms with Crippen LogP contribution in [0.4, 0.5) is 0 Å². The van der Waals surface area contributed by atoms with Crippen LogP contribution in [0.3, 0.4) is 0 Å². The molecule has 1 N–H and O–H groups in total. The Labute approximate surface area is 115 Å². The molecule has 3 heteroatoms. The lowest BCUT2D eigenvalue weighted by molar-refractivity contribution is -0.133. The maximum atomic E-state index is 12.6. The van der Waals surface area contributed by atoms with Gasteiger partial charge in [0.15, 0.2) is 0 Å². The summed E-state index contributed by atoms with van der Waals surface area (Å²) in [4.78, 5) is 14.6. The first-order chi connectivity index (χ1) is 9.28. The highest BCUT2D eigenvalue weighted by molar-refractivity contribution is 5.82. The van der Waals surface area contributed by atoms with E-state index >= 15 is 0 Å². The molecule has 3 nitrogen and oxygen atoms in total. The molecule has 2 aliphatic rings. The smallest absolute Gasteiger partial charge is 0.240 e. The zero-order chi connectivity index (χ0) is 13.2. The summed E-state index contributed by atoms with van der Waals surface area (Å²) in [6.45, 7) is 4.68. The Kier molecular flexibility index (Phi) is 3.56. The topological polar surface area (TPSA) is 32.3 Å². The first-order valence-electron chi connectivity index (χ1n) is 7.37. The van der Waals surface area contributed by atoms with Crippen LogP contribution in [0.15, 0.2) is 24.3 Å². The Hall–Kier alpha value is -1.35. The molecule has 0 unspecified atom stereocenters. The van der Waals surface area contributed by atoms with Crippen LogP contribution in [-0.4, -0.2) is 29.9 Å². The lowest BCUT2D eigenvalue weighted by Crippen LogP contribution is -2.49. The fourth-order valence-electron chi connectivity index (χ4n) is 2.84. The zero-order valence-electron chi connectivity index (χ0n) is 11.6. The average Bonchev–Trinajstić information content (AvgIpc) is 3.27. The van der Waals surface area contributed by atoms with E-state index in [0.717, 1.165) is 32.0 Å². The zero-order valence-corrected chi connectivity index (χ0v) is 11.6. The van der Waals surface area contributed by atoms with Crippen LogP contribution in [-0.2, 0) is 17.8 Å². The normalized spacial score (nSPS) is 21.8. The summed E-state index contributed by atoms with van der Waals surface area (Å²) in [5.41, 5.74) is 2.65. The van der Waals surface area contributed by atoms with Gasteiger partial charge in [0, 0.05) is 19.6 Å². The second kappa shape index (κ2) is 5.33. The van der Waals surface area contributed by atoms with Crippen LogP contribution in [0.25, 0.3) is 0 Å². The van der Waals surface area contributed by atoms with Crippen molar-refractivity contribution in [1.82, 2.24) is 10.2 Å². The van der Waals surface area contributed by atoms with Gasteiger partial charge in [0.25, 0.3) is 0 Å². The average molecular weight is 258 g/mol. The number of carbonyl (C=O) groups is 1. The maximum Gasteiger partial charge on any atom is 0.240 e. The van der Waals surface area contributed by atoms with Crippen molar-refractivity contribution >= 4 is 5.91 Å². The van der Waals surface area contributed by atoms with Crippen molar-refractivity contribution in [1.29, 1.82) is 0 Å². The minimum Gasteiger partial charge on any atom is -0.341 e. The first kappa shape index (κ1) is 12.7. The minimum absolute atomic E-state index is 0.0337.